The van der Waals surface area contributed by atoms with Gasteiger partial charge in [0.15, 0.2) is 0 Å². The molecule has 0 unspecified atom stereocenters. The van der Waals surface area contributed by atoms with Crippen LogP contribution in [0, 0.1) is 13.8 Å². The molecule has 1 N–H and O–H groups in total. The summed E-state index contributed by atoms with van der Waals surface area (Å²) in [5.41, 5.74) is 3.90. The number of aromatic amines is 1. The second-order valence-electron chi connectivity index (χ2n) is 5.29. The van der Waals surface area contributed by atoms with E-state index >= 15 is 0 Å². The first-order chi connectivity index (χ1) is 10.6. The van der Waals surface area contributed by atoms with Crippen LogP contribution >= 0.6 is 0 Å². The third-order valence-corrected chi connectivity index (χ3v) is 3.81. The lowest BCUT2D eigenvalue weighted by Gasteiger charge is -2.04. The number of nitrogens with one attached hydrogen (secondary N) is 1. The van der Waals surface area contributed by atoms with Gasteiger partial charge < -0.3 is 14.5 Å². The van der Waals surface area contributed by atoms with Crippen LogP contribution in [-0.2, 0) is 9.47 Å². The Balaban J connectivity index is 2.01. The number of H-pyrrole nitrogens is 1. The molecule has 1 aromatic carbocycles. The van der Waals surface area contributed by atoms with Crippen molar-refractivity contribution in [1.29, 1.82) is 0 Å². The Bertz CT molecular complexity index is 732. The van der Waals surface area contributed by atoms with Crippen molar-refractivity contribution in [3.05, 3.63) is 58.4 Å². The molecule has 0 fully saturated rings. The molecular formula is C17H18N2O3. The summed E-state index contributed by atoms with van der Waals surface area (Å²) in [5, 5.41) is 0. The van der Waals surface area contributed by atoms with Gasteiger partial charge in [-0.2, -0.15) is 0 Å². The standard InChI is InChI=1S/C17H18N2O3/c1-10-14(15(11(2)18-10)17(20)21-3)16-19-13(9-22-16)12-7-5-4-6-8-12/h4-8,13,18H,9H2,1-3H3/t13-/m0/s1. The van der Waals surface area contributed by atoms with E-state index in [-0.39, 0.29) is 12.0 Å². The minimum absolute atomic E-state index is 0.0451. The summed E-state index contributed by atoms with van der Waals surface area (Å²) in [6.45, 7) is 4.22. The summed E-state index contributed by atoms with van der Waals surface area (Å²) in [7, 11) is 1.37. The molecule has 0 radical (unpaired) electrons. The molecule has 2 aromatic rings. The van der Waals surface area contributed by atoms with Crippen LogP contribution in [0.25, 0.3) is 0 Å². The monoisotopic (exact) mass is 298 g/mol. The van der Waals surface area contributed by atoms with Crippen molar-refractivity contribution in [2.75, 3.05) is 13.7 Å². The zero-order valence-electron chi connectivity index (χ0n) is 12.8. The zero-order valence-corrected chi connectivity index (χ0v) is 12.8. The highest BCUT2D eigenvalue weighted by Gasteiger charge is 2.29. The molecule has 114 valence electrons. The van der Waals surface area contributed by atoms with E-state index < -0.39 is 0 Å². The fourth-order valence-electron chi connectivity index (χ4n) is 2.76. The number of aromatic nitrogens is 1. The number of esters is 1. The normalized spacial score (nSPS) is 17.0. The fraction of sp³-hybridized carbons (Fsp3) is 0.294. The van der Waals surface area contributed by atoms with Crippen LogP contribution in [0.5, 0.6) is 0 Å². The minimum atomic E-state index is -0.383. The van der Waals surface area contributed by atoms with E-state index in [0.717, 1.165) is 17.0 Å². The Morgan fingerprint density at radius 3 is 2.68 bits per heavy atom. The van der Waals surface area contributed by atoms with Crippen molar-refractivity contribution < 1.29 is 14.3 Å². The summed E-state index contributed by atoms with van der Waals surface area (Å²) >= 11 is 0. The Kier molecular flexibility index (Phi) is 3.71. The van der Waals surface area contributed by atoms with Gasteiger partial charge in [-0.1, -0.05) is 30.3 Å². The number of rotatable bonds is 3. The molecule has 0 saturated heterocycles. The molecular weight excluding hydrogens is 280 g/mol. The molecule has 5 heteroatoms. The first kappa shape index (κ1) is 14.4. The third kappa shape index (κ3) is 2.39. The Hall–Kier alpha value is -2.56. The lowest BCUT2D eigenvalue weighted by atomic mass is 10.1. The number of hydrogen-bond acceptors (Lipinski definition) is 4. The van der Waals surface area contributed by atoms with Crippen LogP contribution in [0.2, 0.25) is 0 Å². The Morgan fingerprint density at radius 1 is 1.27 bits per heavy atom. The van der Waals surface area contributed by atoms with Gasteiger partial charge in [0.25, 0.3) is 0 Å². The van der Waals surface area contributed by atoms with Gasteiger partial charge in [-0.3, -0.25) is 0 Å². The second kappa shape index (κ2) is 5.67. The van der Waals surface area contributed by atoms with Gasteiger partial charge >= 0.3 is 5.97 Å². The lowest BCUT2D eigenvalue weighted by molar-refractivity contribution is 0.0599. The maximum absolute atomic E-state index is 12.0. The molecule has 0 aliphatic carbocycles. The number of aryl methyl sites for hydroxylation is 2. The van der Waals surface area contributed by atoms with Gasteiger partial charge in [-0.05, 0) is 19.4 Å². The topological polar surface area (TPSA) is 63.7 Å². The molecule has 3 rings (SSSR count). The van der Waals surface area contributed by atoms with E-state index in [2.05, 4.69) is 9.98 Å². The van der Waals surface area contributed by atoms with Gasteiger partial charge in [0, 0.05) is 11.4 Å². The van der Waals surface area contributed by atoms with Crippen molar-refractivity contribution in [3.63, 3.8) is 0 Å². The zero-order chi connectivity index (χ0) is 15.7. The van der Waals surface area contributed by atoms with E-state index in [9.17, 15) is 4.79 Å². The molecule has 1 aliphatic rings. The van der Waals surface area contributed by atoms with Crippen LogP contribution in [0.15, 0.2) is 35.3 Å². The van der Waals surface area contributed by atoms with Crippen LogP contribution in [0.3, 0.4) is 0 Å². The molecule has 22 heavy (non-hydrogen) atoms. The number of carbonyl (C=O) groups is 1. The average Bonchev–Trinajstić information content (AvgIpc) is 3.11. The van der Waals surface area contributed by atoms with Crippen LogP contribution in [0.1, 0.15) is 38.9 Å². The fourth-order valence-corrected chi connectivity index (χ4v) is 2.76. The Morgan fingerprint density at radius 2 is 2.00 bits per heavy atom. The number of benzene rings is 1. The van der Waals surface area contributed by atoms with Gasteiger partial charge in [0.2, 0.25) is 5.90 Å². The van der Waals surface area contributed by atoms with E-state index in [0.29, 0.717) is 23.6 Å². The predicted octanol–water partition coefficient (Wildman–Crippen LogP) is 2.94. The molecule has 1 atom stereocenters. The number of ether oxygens (including phenoxy) is 2. The number of aliphatic imine (C=N–C) groups is 1. The predicted molar refractivity (Wildman–Crippen MR) is 83.3 cm³/mol. The second-order valence-corrected chi connectivity index (χ2v) is 5.29. The van der Waals surface area contributed by atoms with Gasteiger partial charge in [-0.25, -0.2) is 9.79 Å². The van der Waals surface area contributed by atoms with E-state index in [1.165, 1.54) is 7.11 Å². The molecule has 1 aliphatic heterocycles. The molecule has 1 aromatic heterocycles. The molecule has 0 saturated carbocycles. The highest BCUT2D eigenvalue weighted by molar-refractivity contribution is 6.07. The quantitative estimate of drug-likeness (QED) is 0.886. The third-order valence-electron chi connectivity index (χ3n) is 3.81. The van der Waals surface area contributed by atoms with E-state index in [4.69, 9.17) is 9.47 Å². The maximum Gasteiger partial charge on any atom is 0.340 e. The first-order valence-corrected chi connectivity index (χ1v) is 7.15. The van der Waals surface area contributed by atoms with Crippen molar-refractivity contribution >= 4 is 11.9 Å². The van der Waals surface area contributed by atoms with Gasteiger partial charge in [0.1, 0.15) is 12.6 Å². The molecule has 2 heterocycles. The average molecular weight is 298 g/mol. The summed E-state index contributed by atoms with van der Waals surface area (Å²) in [4.78, 5) is 19.8. The summed E-state index contributed by atoms with van der Waals surface area (Å²) in [6.07, 6.45) is 0. The van der Waals surface area contributed by atoms with Gasteiger partial charge in [0.05, 0.1) is 18.2 Å². The molecule has 0 bridgehead atoms. The summed E-state index contributed by atoms with van der Waals surface area (Å²) < 4.78 is 10.6. The SMILES string of the molecule is COC(=O)c1c(C)[nH]c(C)c1C1=N[C@H](c2ccccc2)CO1. The largest absolute Gasteiger partial charge is 0.475 e. The number of hydrogen-bond donors (Lipinski definition) is 1. The highest BCUT2D eigenvalue weighted by Crippen LogP contribution is 2.28. The van der Waals surface area contributed by atoms with Crippen molar-refractivity contribution in [1.82, 2.24) is 4.98 Å². The van der Waals surface area contributed by atoms with E-state index in [1.807, 2.05) is 44.2 Å². The lowest BCUT2D eigenvalue weighted by Crippen LogP contribution is -2.11. The van der Waals surface area contributed by atoms with Crippen LogP contribution in [0.4, 0.5) is 0 Å². The van der Waals surface area contributed by atoms with Gasteiger partial charge in [-0.15, -0.1) is 0 Å². The van der Waals surface area contributed by atoms with Crippen LogP contribution < -0.4 is 0 Å². The first-order valence-electron chi connectivity index (χ1n) is 7.15. The molecule has 0 spiro atoms. The number of carbonyl (C=O) groups excluding carboxylic acids is 1. The maximum atomic E-state index is 12.0. The smallest absolute Gasteiger partial charge is 0.340 e. The van der Waals surface area contributed by atoms with Crippen molar-refractivity contribution in [2.45, 2.75) is 19.9 Å². The number of methoxy groups -OCH3 is 1. The molecule has 5 nitrogen and oxygen atoms in total. The number of nitrogens with zero attached hydrogens (tertiary/aromatic N) is 1. The Labute approximate surface area is 129 Å². The van der Waals surface area contributed by atoms with Crippen molar-refractivity contribution in [2.24, 2.45) is 4.99 Å². The van der Waals surface area contributed by atoms with Crippen molar-refractivity contribution in [3.8, 4) is 0 Å². The van der Waals surface area contributed by atoms with E-state index in [1.54, 1.807) is 0 Å². The van der Waals surface area contributed by atoms with Crippen LogP contribution in [-0.4, -0.2) is 30.6 Å². The highest BCUT2D eigenvalue weighted by atomic mass is 16.5. The summed E-state index contributed by atoms with van der Waals surface area (Å²) in [6, 6.07) is 9.94. The summed E-state index contributed by atoms with van der Waals surface area (Å²) in [5.74, 6) is 0.113. The minimum Gasteiger partial charge on any atom is -0.475 e. The molecule has 0 amide bonds.